The second-order valence-corrected chi connectivity index (χ2v) is 7.26. The summed E-state index contributed by atoms with van der Waals surface area (Å²) in [4.78, 5) is 25.8. The molecule has 6 heteroatoms. The number of benzene rings is 1. The quantitative estimate of drug-likeness (QED) is 0.668. The molecule has 4 nitrogen and oxygen atoms in total. The molecule has 0 saturated heterocycles. The second kappa shape index (κ2) is 13.5. The Labute approximate surface area is 165 Å². The monoisotopic (exact) mass is 396 g/mol. The largest absolute Gasteiger partial charge is 0.365 e. The fraction of sp³-hybridized carbons (Fsp3) is 0.450. The van der Waals surface area contributed by atoms with Crippen molar-refractivity contribution in [2.45, 2.75) is 60.3 Å². The Kier molecular flexibility index (Phi) is 12.6. The SMILES string of the molecule is CCC.CCCCC(C)=O.Cc1c(Cl)cccc1-c1ncc(C(N)=O)s1. The first-order valence-electron chi connectivity index (χ1n) is 8.78. The van der Waals surface area contributed by atoms with Crippen molar-refractivity contribution >= 4 is 34.6 Å². The zero-order chi connectivity index (χ0) is 20.1. The van der Waals surface area contributed by atoms with Gasteiger partial charge in [0.15, 0.2) is 0 Å². The minimum absolute atomic E-state index is 0.307. The average Bonchev–Trinajstić information content (AvgIpc) is 3.07. The molecule has 1 amide bonds. The number of thiazole rings is 1. The van der Waals surface area contributed by atoms with Crippen molar-refractivity contribution in [2.24, 2.45) is 5.73 Å². The summed E-state index contributed by atoms with van der Waals surface area (Å²) in [5.41, 5.74) is 7.07. The number of aromatic nitrogens is 1. The Bertz CT molecular complexity index is 699. The summed E-state index contributed by atoms with van der Waals surface area (Å²) in [6.45, 7) is 9.89. The van der Waals surface area contributed by atoms with Gasteiger partial charge in [0.25, 0.3) is 5.91 Å². The highest BCUT2D eigenvalue weighted by Gasteiger charge is 2.11. The Balaban J connectivity index is 0.000000526. The Hall–Kier alpha value is -1.72. The summed E-state index contributed by atoms with van der Waals surface area (Å²) in [5, 5.41) is 1.45. The van der Waals surface area contributed by atoms with Crippen LogP contribution in [-0.4, -0.2) is 16.7 Å². The number of hydrogen-bond acceptors (Lipinski definition) is 4. The van der Waals surface area contributed by atoms with Crippen LogP contribution in [0.4, 0.5) is 0 Å². The molecule has 1 heterocycles. The Morgan fingerprint density at radius 3 is 2.27 bits per heavy atom. The van der Waals surface area contributed by atoms with Crippen molar-refractivity contribution in [1.82, 2.24) is 4.98 Å². The number of primary amides is 1. The van der Waals surface area contributed by atoms with E-state index in [1.165, 1.54) is 24.0 Å². The van der Waals surface area contributed by atoms with Crippen LogP contribution in [0.5, 0.6) is 0 Å². The van der Waals surface area contributed by atoms with Crippen LogP contribution >= 0.6 is 22.9 Å². The van der Waals surface area contributed by atoms with Crippen molar-refractivity contribution in [2.75, 3.05) is 0 Å². The zero-order valence-corrected chi connectivity index (χ0v) is 17.8. The molecule has 2 aromatic rings. The maximum Gasteiger partial charge on any atom is 0.260 e. The van der Waals surface area contributed by atoms with E-state index in [0.29, 0.717) is 15.7 Å². The molecule has 0 aliphatic carbocycles. The number of Topliss-reactive ketones (excluding diaryl/α,β-unsaturated/α-hetero) is 1. The van der Waals surface area contributed by atoms with Gasteiger partial charge in [-0.1, -0.05) is 57.3 Å². The maximum absolute atomic E-state index is 11.0. The third kappa shape index (κ3) is 9.11. The van der Waals surface area contributed by atoms with E-state index in [0.717, 1.165) is 35.4 Å². The summed E-state index contributed by atoms with van der Waals surface area (Å²) in [6.07, 6.45) is 5.67. The van der Waals surface area contributed by atoms with Crippen LogP contribution in [0.25, 0.3) is 10.6 Å². The number of rotatable bonds is 5. The molecule has 1 aromatic carbocycles. The number of amides is 1. The molecule has 1 aromatic heterocycles. The van der Waals surface area contributed by atoms with Crippen molar-refractivity contribution in [3.05, 3.63) is 39.9 Å². The zero-order valence-electron chi connectivity index (χ0n) is 16.3. The highest BCUT2D eigenvalue weighted by atomic mass is 35.5. The molecule has 0 fully saturated rings. The van der Waals surface area contributed by atoms with E-state index < -0.39 is 5.91 Å². The van der Waals surface area contributed by atoms with E-state index in [4.69, 9.17) is 17.3 Å². The first kappa shape index (κ1) is 24.3. The lowest BCUT2D eigenvalue weighted by atomic mass is 10.1. The van der Waals surface area contributed by atoms with Gasteiger partial charge in [0.1, 0.15) is 15.7 Å². The fourth-order valence-corrected chi connectivity index (χ4v) is 2.80. The van der Waals surface area contributed by atoms with E-state index in [9.17, 15) is 9.59 Å². The van der Waals surface area contributed by atoms with Crippen LogP contribution in [0.2, 0.25) is 5.02 Å². The molecule has 0 atom stereocenters. The Morgan fingerprint density at radius 2 is 1.85 bits per heavy atom. The molecule has 0 saturated carbocycles. The van der Waals surface area contributed by atoms with Gasteiger partial charge in [-0.25, -0.2) is 4.98 Å². The third-order valence-corrected chi connectivity index (χ3v) is 4.58. The van der Waals surface area contributed by atoms with E-state index >= 15 is 0 Å². The van der Waals surface area contributed by atoms with Gasteiger partial charge in [-0.15, -0.1) is 11.3 Å². The first-order chi connectivity index (χ1) is 12.3. The predicted octanol–water partition coefficient (Wildman–Crippen LogP) is 6.05. The van der Waals surface area contributed by atoms with Gasteiger partial charge in [-0.3, -0.25) is 4.79 Å². The number of nitrogens with two attached hydrogens (primary N) is 1. The molecule has 2 N–H and O–H groups in total. The van der Waals surface area contributed by atoms with E-state index in [2.05, 4.69) is 25.8 Å². The maximum atomic E-state index is 11.0. The second-order valence-electron chi connectivity index (χ2n) is 5.82. The van der Waals surface area contributed by atoms with Gasteiger partial charge in [-0.05, 0) is 31.9 Å². The minimum Gasteiger partial charge on any atom is -0.365 e. The number of nitrogens with zero attached hydrogens (tertiary/aromatic N) is 1. The molecular formula is C20H29ClN2O2S. The number of halogens is 1. The summed E-state index contributed by atoms with van der Waals surface area (Å²) < 4.78 is 0. The Morgan fingerprint density at radius 1 is 1.23 bits per heavy atom. The number of hydrogen-bond donors (Lipinski definition) is 1. The predicted molar refractivity (Wildman–Crippen MR) is 112 cm³/mol. The van der Waals surface area contributed by atoms with Crippen LogP contribution in [0.1, 0.15) is 68.6 Å². The van der Waals surface area contributed by atoms with E-state index in [1.54, 1.807) is 6.92 Å². The molecule has 144 valence electrons. The molecule has 0 bridgehead atoms. The summed E-state index contributed by atoms with van der Waals surface area (Å²) in [6, 6.07) is 5.60. The minimum atomic E-state index is -0.455. The highest BCUT2D eigenvalue weighted by molar-refractivity contribution is 7.16. The fourth-order valence-electron chi connectivity index (χ4n) is 1.78. The molecule has 0 radical (unpaired) electrons. The molecule has 0 unspecified atom stereocenters. The summed E-state index contributed by atoms with van der Waals surface area (Å²) >= 11 is 7.29. The average molecular weight is 397 g/mol. The van der Waals surface area contributed by atoms with Crippen molar-refractivity contribution in [1.29, 1.82) is 0 Å². The van der Waals surface area contributed by atoms with Gasteiger partial charge in [0.05, 0.1) is 6.20 Å². The van der Waals surface area contributed by atoms with Crippen molar-refractivity contribution < 1.29 is 9.59 Å². The van der Waals surface area contributed by atoms with Crippen molar-refractivity contribution in [3.63, 3.8) is 0 Å². The number of unbranched alkanes of at least 4 members (excludes halogenated alkanes) is 1. The lowest BCUT2D eigenvalue weighted by Crippen LogP contribution is -2.08. The number of carbonyl (C=O) groups excluding carboxylic acids is 2. The topological polar surface area (TPSA) is 73.1 Å². The van der Waals surface area contributed by atoms with Gasteiger partial charge < -0.3 is 10.5 Å². The van der Waals surface area contributed by atoms with E-state index in [-0.39, 0.29) is 0 Å². The van der Waals surface area contributed by atoms with Crippen LogP contribution in [0, 0.1) is 6.92 Å². The smallest absolute Gasteiger partial charge is 0.260 e. The first-order valence-corrected chi connectivity index (χ1v) is 9.98. The van der Waals surface area contributed by atoms with Crippen LogP contribution < -0.4 is 5.73 Å². The van der Waals surface area contributed by atoms with Crippen LogP contribution in [0.15, 0.2) is 24.4 Å². The number of carbonyl (C=O) groups is 2. The number of ketones is 1. The van der Waals surface area contributed by atoms with Gasteiger partial charge in [-0.2, -0.15) is 0 Å². The summed E-state index contributed by atoms with van der Waals surface area (Å²) in [7, 11) is 0. The van der Waals surface area contributed by atoms with E-state index in [1.807, 2.05) is 25.1 Å². The van der Waals surface area contributed by atoms with Gasteiger partial charge >= 0.3 is 0 Å². The molecule has 0 aliphatic rings. The molecule has 2 rings (SSSR count). The lowest BCUT2D eigenvalue weighted by Gasteiger charge is -2.03. The van der Waals surface area contributed by atoms with Crippen LogP contribution in [-0.2, 0) is 4.79 Å². The molecule has 0 spiro atoms. The standard InChI is InChI=1S/C11H9ClN2OS.C6H12O.C3H8/c1-6-7(3-2-4-8(6)12)11-14-5-9(16-11)10(13)15;1-3-4-5-6(2)7;1-3-2/h2-5H,1H3,(H2,13,15);3-5H2,1-2H3;3H2,1-2H3. The van der Waals surface area contributed by atoms with Crippen molar-refractivity contribution in [3.8, 4) is 10.6 Å². The highest BCUT2D eigenvalue weighted by Crippen LogP contribution is 2.31. The normalized spacial score (nSPS) is 9.46. The molecule has 0 aliphatic heterocycles. The third-order valence-electron chi connectivity index (χ3n) is 3.13. The van der Waals surface area contributed by atoms with Gasteiger partial charge in [0.2, 0.25) is 0 Å². The van der Waals surface area contributed by atoms with Gasteiger partial charge in [0, 0.05) is 17.0 Å². The summed E-state index contributed by atoms with van der Waals surface area (Å²) in [5.74, 6) is -0.148. The lowest BCUT2D eigenvalue weighted by molar-refractivity contribution is -0.117. The van der Waals surface area contributed by atoms with Crippen LogP contribution in [0.3, 0.4) is 0 Å². The molecule has 26 heavy (non-hydrogen) atoms. The molecular weight excluding hydrogens is 368 g/mol.